The third kappa shape index (κ3) is 5.10. The van der Waals surface area contributed by atoms with Crippen LogP contribution in [-0.4, -0.2) is 62.2 Å². The van der Waals surface area contributed by atoms with Crippen molar-refractivity contribution in [2.75, 3.05) is 42.7 Å². The van der Waals surface area contributed by atoms with Gasteiger partial charge in [0.25, 0.3) is 5.95 Å². The molecule has 0 saturated heterocycles. The van der Waals surface area contributed by atoms with Gasteiger partial charge < -0.3 is 15.0 Å². The van der Waals surface area contributed by atoms with Crippen LogP contribution in [0, 0.1) is 0 Å². The molecule has 0 spiro atoms. The molecule has 0 saturated carbocycles. The molecule has 0 aliphatic rings. The van der Waals surface area contributed by atoms with Crippen LogP contribution in [0.4, 0.5) is 11.9 Å². The molecule has 9 nitrogen and oxygen atoms in total. The lowest BCUT2D eigenvalue weighted by atomic mass is 10.3. The SMILES string of the molecule is CCN(CC)c1nc(NC)nc(-n2cnc(SCCOc3ccccc3)n2)n1. The Morgan fingerprint density at radius 1 is 1.11 bits per heavy atom. The first-order valence-electron chi connectivity index (χ1n) is 9.15. The summed E-state index contributed by atoms with van der Waals surface area (Å²) in [5, 5.41) is 8.08. The minimum atomic E-state index is 0.432. The van der Waals surface area contributed by atoms with Crippen molar-refractivity contribution in [3.05, 3.63) is 36.7 Å². The summed E-state index contributed by atoms with van der Waals surface area (Å²) in [4.78, 5) is 19.7. The lowest BCUT2D eigenvalue weighted by Gasteiger charge is -2.19. The monoisotopic (exact) mass is 400 g/mol. The quantitative estimate of drug-likeness (QED) is 0.407. The molecule has 148 valence electrons. The van der Waals surface area contributed by atoms with Crippen LogP contribution < -0.4 is 15.0 Å². The van der Waals surface area contributed by atoms with Gasteiger partial charge in [-0.25, -0.2) is 4.98 Å². The Kier molecular flexibility index (Phi) is 7.01. The zero-order valence-electron chi connectivity index (χ0n) is 16.2. The first kappa shape index (κ1) is 19.9. The minimum absolute atomic E-state index is 0.432. The van der Waals surface area contributed by atoms with Crippen molar-refractivity contribution < 1.29 is 4.74 Å². The van der Waals surface area contributed by atoms with Gasteiger partial charge in [-0.2, -0.15) is 19.6 Å². The van der Waals surface area contributed by atoms with Gasteiger partial charge in [0.1, 0.15) is 12.1 Å². The van der Waals surface area contributed by atoms with Gasteiger partial charge >= 0.3 is 0 Å². The number of nitrogens with zero attached hydrogens (tertiary/aromatic N) is 7. The summed E-state index contributed by atoms with van der Waals surface area (Å²) in [6.07, 6.45) is 1.61. The van der Waals surface area contributed by atoms with E-state index in [-0.39, 0.29) is 0 Å². The maximum Gasteiger partial charge on any atom is 0.258 e. The van der Waals surface area contributed by atoms with E-state index >= 15 is 0 Å². The molecule has 0 fully saturated rings. The van der Waals surface area contributed by atoms with Crippen molar-refractivity contribution in [2.45, 2.75) is 19.0 Å². The van der Waals surface area contributed by atoms with Gasteiger partial charge in [0, 0.05) is 25.9 Å². The summed E-state index contributed by atoms with van der Waals surface area (Å²) in [6, 6.07) is 9.74. The number of nitrogens with one attached hydrogen (secondary N) is 1. The Hall–Kier alpha value is -2.88. The summed E-state index contributed by atoms with van der Waals surface area (Å²) in [5.74, 6) is 3.13. The topological polar surface area (TPSA) is 93.9 Å². The minimum Gasteiger partial charge on any atom is -0.493 e. The van der Waals surface area contributed by atoms with Gasteiger partial charge in [0.2, 0.25) is 17.1 Å². The Bertz CT molecular complexity index is 869. The second-order valence-electron chi connectivity index (χ2n) is 5.66. The first-order chi connectivity index (χ1) is 13.7. The molecule has 3 aromatic rings. The van der Waals surface area contributed by atoms with Gasteiger partial charge in [0.15, 0.2) is 0 Å². The van der Waals surface area contributed by atoms with Crippen LogP contribution in [0.15, 0.2) is 41.8 Å². The first-order valence-corrected chi connectivity index (χ1v) is 10.1. The molecule has 0 unspecified atom stereocenters. The van der Waals surface area contributed by atoms with E-state index < -0.39 is 0 Å². The van der Waals surface area contributed by atoms with Crippen LogP contribution in [0.1, 0.15) is 13.8 Å². The molecular formula is C18H24N8OS. The number of benzene rings is 1. The Morgan fingerprint density at radius 3 is 2.61 bits per heavy atom. The van der Waals surface area contributed by atoms with Crippen LogP contribution in [0.25, 0.3) is 5.95 Å². The van der Waals surface area contributed by atoms with Crippen LogP contribution in [0.2, 0.25) is 0 Å². The summed E-state index contributed by atoms with van der Waals surface area (Å²) in [7, 11) is 1.78. The predicted octanol–water partition coefficient (Wildman–Crippen LogP) is 2.51. The Morgan fingerprint density at radius 2 is 1.89 bits per heavy atom. The zero-order valence-corrected chi connectivity index (χ0v) is 17.1. The Labute approximate surface area is 168 Å². The van der Waals surface area contributed by atoms with Crippen molar-refractivity contribution in [2.24, 2.45) is 0 Å². The number of rotatable bonds is 10. The van der Waals surface area contributed by atoms with E-state index in [1.54, 1.807) is 18.1 Å². The summed E-state index contributed by atoms with van der Waals surface area (Å²) >= 11 is 1.52. The van der Waals surface area contributed by atoms with E-state index in [0.29, 0.717) is 29.6 Å². The van der Waals surface area contributed by atoms with E-state index in [9.17, 15) is 0 Å². The van der Waals surface area contributed by atoms with Crippen LogP contribution >= 0.6 is 11.8 Å². The van der Waals surface area contributed by atoms with Crippen LogP contribution in [-0.2, 0) is 0 Å². The maximum absolute atomic E-state index is 5.69. The largest absolute Gasteiger partial charge is 0.493 e. The number of anilines is 2. The molecule has 0 amide bonds. The highest BCUT2D eigenvalue weighted by Gasteiger charge is 2.13. The second-order valence-corrected chi connectivity index (χ2v) is 6.73. The summed E-state index contributed by atoms with van der Waals surface area (Å²) < 4.78 is 7.25. The van der Waals surface area contributed by atoms with Crippen LogP contribution in [0.5, 0.6) is 5.75 Å². The number of aromatic nitrogens is 6. The highest BCUT2D eigenvalue weighted by Crippen LogP contribution is 2.16. The van der Waals surface area contributed by atoms with E-state index in [1.165, 1.54) is 11.8 Å². The van der Waals surface area contributed by atoms with E-state index in [4.69, 9.17) is 4.74 Å². The highest BCUT2D eigenvalue weighted by molar-refractivity contribution is 7.99. The molecular weight excluding hydrogens is 376 g/mol. The number of ether oxygens (including phenoxy) is 1. The van der Waals surface area contributed by atoms with Crippen molar-refractivity contribution in [1.82, 2.24) is 29.7 Å². The second kappa shape index (κ2) is 9.88. The molecule has 28 heavy (non-hydrogen) atoms. The third-order valence-electron chi connectivity index (χ3n) is 3.88. The number of hydrogen-bond donors (Lipinski definition) is 1. The normalized spacial score (nSPS) is 10.7. The van der Waals surface area contributed by atoms with Gasteiger partial charge in [-0.1, -0.05) is 30.0 Å². The standard InChI is InChI=1S/C18H24N8OS/c1-4-25(5-2)16-21-15(19-3)22-17(23-16)26-13-20-18(24-26)28-12-11-27-14-9-7-6-8-10-14/h6-10,13H,4-5,11-12H2,1-3H3,(H,19,21,22,23). The molecule has 1 aromatic carbocycles. The molecule has 2 aromatic heterocycles. The van der Waals surface area contributed by atoms with Gasteiger partial charge in [-0.3, -0.25) is 0 Å². The van der Waals surface area contributed by atoms with E-state index in [1.807, 2.05) is 30.3 Å². The molecule has 3 rings (SSSR count). The van der Waals surface area contributed by atoms with Crippen molar-refractivity contribution in [3.8, 4) is 11.7 Å². The van der Waals surface area contributed by atoms with Gasteiger partial charge in [-0.15, -0.1) is 5.10 Å². The lowest BCUT2D eigenvalue weighted by molar-refractivity contribution is 0.344. The average molecular weight is 401 g/mol. The molecule has 0 bridgehead atoms. The lowest BCUT2D eigenvalue weighted by Crippen LogP contribution is -2.25. The van der Waals surface area contributed by atoms with E-state index in [2.05, 4.69) is 49.1 Å². The zero-order chi connectivity index (χ0) is 19.8. The average Bonchev–Trinajstić information content (AvgIpc) is 3.22. The van der Waals surface area contributed by atoms with E-state index in [0.717, 1.165) is 24.6 Å². The van der Waals surface area contributed by atoms with Gasteiger partial charge in [-0.05, 0) is 26.0 Å². The molecule has 1 N–H and O–H groups in total. The van der Waals surface area contributed by atoms with Crippen molar-refractivity contribution >= 4 is 23.7 Å². The predicted molar refractivity (Wildman–Crippen MR) is 111 cm³/mol. The number of para-hydroxylation sites is 1. The fourth-order valence-electron chi connectivity index (χ4n) is 2.44. The molecule has 0 aliphatic carbocycles. The molecule has 0 radical (unpaired) electrons. The molecule has 0 atom stereocenters. The molecule has 2 heterocycles. The Balaban J connectivity index is 1.65. The number of hydrogen-bond acceptors (Lipinski definition) is 9. The van der Waals surface area contributed by atoms with Crippen molar-refractivity contribution in [1.29, 1.82) is 0 Å². The smallest absolute Gasteiger partial charge is 0.258 e. The fraction of sp³-hybridized carbons (Fsp3) is 0.389. The van der Waals surface area contributed by atoms with Crippen LogP contribution in [0.3, 0.4) is 0 Å². The maximum atomic E-state index is 5.69. The summed E-state index contributed by atoms with van der Waals surface area (Å²) in [5.41, 5.74) is 0. The van der Waals surface area contributed by atoms with Gasteiger partial charge in [0.05, 0.1) is 6.61 Å². The highest BCUT2D eigenvalue weighted by atomic mass is 32.2. The fourth-order valence-corrected chi connectivity index (χ4v) is 3.05. The third-order valence-corrected chi connectivity index (χ3v) is 4.70. The number of thioether (sulfide) groups is 1. The summed E-state index contributed by atoms with van der Waals surface area (Å²) in [6.45, 7) is 6.32. The molecule has 0 aliphatic heterocycles. The van der Waals surface area contributed by atoms with Crippen molar-refractivity contribution in [3.63, 3.8) is 0 Å². The molecule has 10 heteroatoms.